The van der Waals surface area contributed by atoms with E-state index < -0.39 is 6.10 Å². The lowest BCUT2D eigenvalue weighted by Gasteiger charge is -2.14. The van der Waals surface area contributed by atoms with E-state index in [-0.39, 0.29) is 24.0 Å². The minimum absolute atomic E-state index is 0. The first-order valence-electron chi connectivity index (χ1n) is 9.43. The van der Waals surface area contributed by atoms with E-state index in [9.17, 15) is 5.11 Å². The molecule has 0 radical (unpaired) electrons. The fourth-order valence-corrected chi connectivity index (χ4v) is 4.02. The summed E-state index contributed by atoms with van der Waals surface area (Å²) in [5.74, 6) is 1.58. The number of benzene rings is 2. The SMILES string of the molecule is CN=C(NCCCc1ccc(OC)cc1)NCC(O)c1cc2ccccc2s1.I. The van der Waals surface area contributed by atoms with Crippen molar-refractivity contribution in [2.75, 3.05) is 27.2 Å². The number of halogens is 1. The van der Waals surface area contributed by atoms with Crippen LogP contribution in [0.15, 0.2) is 59.6 Å². The van der Waals surface area contributed by atoms with Crippen LogP contribution < -0.4 is 15.4 Å². The first kappa shape index (κ1) is 23.4. The second-order valence-electron chi connectivity index (χ2n) is 6.53. The van der Waals surface area contributed by atoms with Crippen molar-refractivity contribution in [2.24, 2.45) is 4.99 Å². The van der Waals surface area contributed by atoms with Crippen LogP contribution in [0.4, 0.5) is 0 Å². The Labute approximate surface area is 193 Å². The molecule has 1 aromatic heterocycles. The quantitative estimate of drug-likeness (QED) is 0.177. The number of guanidine groups is 1. The molecule has 1 unspecified atom stereocenters. The Bertz CT molecular complexity index is 879. The number of nitrogens with one attached hydrogen (secondary N) is 2. The summed E-state index contributed by atoms with van der Waals surface area (Å²) in [6, 6.07) is 18.4. The number of rotatable bonds is 8. The summed E-state index contributed by atoms with van der Waals surface area (Å²) in [6.07, 6.45) is 1.42. The van der Waals surface area contributed by atoms with Gasteiger partial charge in [-0.15, -0.1) is 35.3 Å². The molecule has 0 aliphatic heterocycles. The summed E-state index contributed by atoms with van der Waals surface area (Å²) in [6.45, 7) is 1.23. The number of nitrogens with zero attached hydrogens (tertiary/aromatic N) is 1. The van der Waals surface area contributed by atoms with Crippen molar-refractivity contribution in [2.45, 2.75) is 18.9 Å². The van der Waals surface area contributed by atoms with Gasteiger partial charge in [-0.3, -0.25) is 4.99 Å². The lowest BCUT2D eigenvalue weighted by molar-refractivity contribution is 0.184. The Morgan fingerprint density at radius 3 is 2.59 bits per heavy atom. The van der Waals surface area contributed by atoms with E-state index in [1.54, 1.807) is 25.5 Å². The van der Waals surface area contributed by atoms with Crippen LogP contribution in [0, 0.1) is 0 Å². The summed E-state index contributed by atoms with van der Waals surface area (Å²) in [5.41, 5.74) is 1.28. The molecule has 2 aromatic carbocycles. The molecule has 3 N–H and O–H groups in total. The molecule has 1 atom stereocenters. The molecule has 0 amide bonds. The predicted molar refractivity (Wildman–Crippen MR) is 133 cm³/mol. The number of fused-ring (bicyclic) bond motifs is 1. The Balaban J connectivity index is 0.00000300. The van der Waals surface area contributed by atoms with Gasteiger partial charge in [0.15, 0.2) is 5.96 Å². The van der Waals surface area contributed by atoms with Gasteiger partial charge >= 0.3 is 0 Å². The number of aliphatic hydroxyl groups excluding tert-OH is 1. The highest BCUT2D eigenvalue weighted by atomic mass is 127. The van der Waals surface area contributed by atoms with Crippen molar-refractivity contribution in [3.63, 3.8) is 0 Å². The van der Waals surface area contributed by atoms with E-state index in [0.29, 0.717) is 12.5 Å². The van der Waals surface area contributed by atoms with Gasteiger partial charge in [0, 0.05) is 29.7 Å². The van der Waals surface area contributed by atoms with Crippen molar-refractivity contribution in [1.29, 1.82) is 0 Å². The van der Waals surface area contributed by atoms with E-state index >= 15 is 0 Å². The third-order valence-electron chi connectivity index (χ3n) is 4.55. The molecule has 0 aliphatic carbocycles. The molecule has 0 saturated heterocycles. The largest absolute Gasteiger partial charge is 0.497 e. The van der Waals surface area contributed by atoms with Gasteiger partial charge in [0.2, 0.25) is 0 Å². The summed E-state index contributed by atoms with van der Waals surface area (Å²) in [7, 11) is 3.42. The van der Waals surface area contributed by atoms with Gasteiger partial charge in [0.05, 0.1) is 7.11 Å². The summed E-state index contributed by atoms with van der Waals surface area (Å²) in [5, 5.41) is 18.2. The molecule has 29 heavy (non-hydrogen) atoms. The van der Waals surface area contributed by atoms with E-state index in [1.165, 1.54) is 15.6 Å². The molecule has 0 saturated carbocycles. The van der Waals surface area contributed by atoms with Gasteiger partial charge in [0.1, 0.15) is 11.9 Å². The van der Waals surface area contributed by atoms with Gasteiger partial charge < -0.3 is 20.5 Å². The maximum atomic E-state index is 10.5. The van der Waals surface area contributed by atoms with E-state index in [4.69, 9.17) is 4.74 Å². The monoisotopic (exact) mass is 525 g/mol. The fourth-order valence-electron chi connectivity index (χ4n) is 2.97. The first-order chi connectivity index (χ1) is 13.7. The summed E-state index contributed by atoms with van der Waals surface area (Å²) >= 11 is 1.63. The van der Waals surface area contributed by atoms with Gasteiger partial charge in [-0.25, -0.2) is 0 Å². The van der Waals surface area contributed by atoms with Crippen LogP contribution in [-0.4, -0.2) is 38.3 Å². The van der Waals surface area contributed by atoms with Gasteiger partial charge in [-0.05, 0) is 48.1 Å². The lowest BCUT2D eigenvalue weighted by atomic mass is 10.1. The topological polar surface area (TPSA) is 65.9 Å². The van der Waals surface area contributed by atoms with Crippen LogP contribution in [0.3, 0.4) is 0 Å². The average Bonchev–Trinajstić information content (AvgIpc) is 3.18. The molecule has 7 heteroatoms. The molecule has 5 nitrogen and oxygen atoms in total. The zero-order valence-electron chi connectivity index (χ0n) is 16.7. The number of methoxy groups -OCH3 is 1. The smallest absolute Gasteiger partial charge is 0.191 e. The van der Waals surface area contributed by atoms with Crippen LogP contribution in [0.5, 0.6) is 5.75 Å². The molecule has 1 heterocycles. The zero-order chi connectivity index (χ0) is 19.8. The third-order valence-corrected chi connectivity index (χ3v) is 5.77. The molecule has 156 valence electrons. The highest BCUT2D eigenvalue weighted by molar-refractivity contribution is 14.0. The van der Waals surface area contributed by atoms with Crippen LogP contribution in [0.25, 0.3) is 10.1 Å². The minimum atomic E-state index is -0.560. The number of ether oxygens (including phenoxy) is 1. The van der Waals surface area contributed by atoms with Gasteiger partial charge in [-0.1, -0.05) is 30.3 Å². The van der Waals surface area contributed by atoms with Gasteiger partial charge in [0.25, 0.3) is 0 Å². The number of aryl methyl sites for hydroxylation is 1. The Morgan fingerprint density at radius 2 is 1.90 bits per heavy atom. The number of hydrogen-bond acceptors (Lipinski definition) is 4. The summed E-state index contributed by atoms with van der Waals surface area (Å²) < 4.78 is 6.37. The number of hydrogen-bond donors (Lipinski definition) is 3. The highest BCUT2D eigenvalue weighted by Gasteiger charge is 2.12. The zero-order valence-corrected chi connectivity index (χ0v) is 19.9. The molecular formula is C22H28IN3O2S. The van der Waals surface area contributed by atoms with Crippen molar-refractivity contribution in [1.82, 2.24) is 10.6 Å². The first-order valence-corrected chi connectivity index (χ1v) is 10.2. The van der Waals surface area contributed by atoms with E-state index in [1.807, 2.05) is 24.3 Å². The second kappa shape index (κ2) is 12.0. The van der Waals surface area contributed by atoms with Crippen LogP contribution >= 0.6 is 35.3 Å². The normalized spacial score (nSPS) is 12.3. The number of aliphatic imine (C=N–C) groups is 1. The molecule has 3 aromatic rings. The molecule has 0 bridgehead atoms. The Kier molecular flexibility index (Phi) is 9.69. The molecular weight excluding hydrogens is 497 g/mol. The lowest BCUT2D eigenvalue weighted by Crippen LogP contribution is -2.39. The Morgan fingerprint density at radius 1 is 1.14 bits per heavy atom. The fraction of sp³-hybridized carbons (Fsp3) is 0.318. The van der Waals surface area contributed by atoms with Crippen molar-refractivity contribution >= 4 is 51.4 Å². The minimum Gasteiger partial charge on any atom is -0.497 e. The third kappa shape index (κ3) is 6.87. The van der Waals surface area contributed by atoms with Crippen molar-refractivity contribution < 1.29 is 9.84 Å². The molecule has 0 aliphatic rings. The standard InChI is InChI=1S/C22H27N3O2S.HI/c1-23-22(24-13-5-6-16-9-11-18(27-2)12-10-16)25-15-19(26)21-14-17-7-3-4-8-20(17)28-21;/h3-4,7-12,14,19,26H,5-6,13,15H2,1-2H3,(H2,23,24,25);1H. The van der Waals surface area contributed by atoms with Crippen LogP contribution in [-0.2, 0) is 6.42 Å². The molecule has 3 rings (SSSR count). The van der Waals surface area contributed by atoms with Crippen molar-refractivity contribution in [3.8, 4) is 5.75 Å². The number of thiophene rings is 1. The van der Waals surface area contributed by atoms with E-state index in [0.717, 1.165) is 30.0 Å². The summed E-state index contributed by atoms with van der Waals surface area (Å²) in [4.78, 5) is 5.20. The molecule has 0 fully saturated rings. The highest BCUT2D eigenvalue weighted by Crippen LogP contribution is 2.29. The predicted octanol–water partition coefficient (Wildman–Crippen LogP) is 4.36. The van der Waals surface area contributed by atoms with Crippen LogP contribution in [0.1, 0.15) is 23.0 Å². The average molecular weight is 525 g/mol. The van der Waals surface area contributed by atoms with E-state index in [2.05, 4.69) is 46.0 Å². The Hall–Kier alpha value is -1.84. The maximum absolute atomic E-state index is 10.5. The molecule has 0 spiro atoms. The van der Waals surface area contributed by atoms with Crippen molar-refractivity contribution in [3.05, 3.63) is 65.0 Å². The second-order valence-corrected chi connectivity index (χ2v) is 7.65. The maximum Gasteiger partial charge on any atom is 0.191 e. The number of aliphatic hydroxyl groups is 1. The van der Waals surface area contributed by atoms with Crippen LogP contribution in [0.2, 0.25) is 0 Å². The van der Waals surface area contributed by atoms with Gasteiger partial charge in [-0.2, -0.15) is 0 Å².